The minimum atomic E-state index is -0.524. The monoisotopic (exact) mass is 396 g/mol. The van der Waals surface area contributed by atoms with Crippen molar-refractivity contribution in [3.8, 4) is 5.75 Å². The Morgan fingerprint density at radius 2 is 1.83 bits per heavy atom. The fraction of sp³-hybridized carbons (Fsp3) is 0.556. The van der Waals surface area contributed by atoms with Gasteiger partial charge in [-0.25, -0.2) is 0 Å². The average Bonchev–Trinajstić information content (AvgIpc) is 2.69. The van der Waals surface area contributed by atoms with E-state index < -0.39 is 6.10 Å². The summed E-state index contributed by atoms with van der Waals surface area (Å²) in [6, 6.07) is 6.18. The van der Waals surface area contributed by atoms with E-state index in [4.69, 9.17) is 0 Å². The fourth-order valence-electron chi connectivity index (χ4n) is 4.55. The highest BCUT2D eigenvalue weighted by molar-refractivity contribution is 5.52. The van der Waals surface area contributed by atoms with Gasteiger partial charge in [0.1, 0.15) is 5.75 Å². The van der Waals surface area contributed by atoms with Crippen LogP contribution in [0.5, 0.6) is 5.75 Å². The molecule has 0 saturated heterocycles. The van der Waals surface area contributed by atoms with Crippen LogP contribution < -0.4 is 0 Å². The van der Waals surface area contributed by atoms with Gasteiger partial charge in [-0.3, -0.25) is 0 Å². The van der Waals surface area contributed by atoms with Gasteiger partial charge >= 0.3 is 0 Å². The molecule has 0 bridgehead atoms. The molecule has 2 atom stereocenters. The fourth-order valence-corrected chi connectivity index (χ4v) is 4.55. The third-order valence-corrected chi connectivity index (χ3v) is 6.48. The molecule has 1 aromatic carbocycles. The summed E-state index contributed by atoms with van der Waals surface area (Å²) < 4.78 is 0. The molecule has 2 unspecified atom stereocenters. The maximum atomic E-state index is 10.4. The van der Waals surface area contributed by atoms with E-state index in [9.17, 15) is 10.2 Å². The highest BCUT2D eigenvalue weighted by Gasteiger charge is 2.35. The first-order valence-electron chi connectivity index (χ1n) is 11.4. The summed E-state index contributed by atoms with van der Waals surface area (Å²) in [7, 11) is 0. The van der Waals surface area contributed by atoms with Gasteiger partial charge in [-0.2, -0.15) is 0 Å². The number of unbranched alkanes of at least 4 members (excludes halogenated alkanes) is 3. The molecular weight excluding hydrogens is 356 g/mol. The number of phenols is 1. The predicted molar refractivity (Wildman–Crippen MR) is 125 cm³/mol. The van der Waals surface area contributed by atoms with Crippen molar-refractivity contribution in [3.63, 3.8) is 0 Å². The molecule has 0 amide bonds. The van der Waals surface area contributed by atoms with Crippen LogP contribution in [0.1, 0.15) is 97.1 Å². The maximum Gasteiger partial charge on any atom is 0.119 e. The largest absolute Gasteiger partial charge is 0.508 e. The first-order chi connectivity index (χ1) is 13.8. The molecule has 0 saturated carbocycles. The van der Waals surface area contributed by atoms with E-state index in [0.29, 0.717) is 5.75 Å². The van der Waals surface area contributed by atoms with Crippen LogP contribution in [0.2, 0.25) is 0 Å². The molecule has 2 rings (SSSR count). The average molecular weight is 397 g/mol. The van der Waals surface area contributed by atoms with Crippen molar-refractivity contribution in [2.45, 2.75) is 97.5 Å². The van der Waals surface area contributed by atoms with E-state index in [-0.39, 0.29) is 11.3 Å². The lowest BCUT2D eigenvalue weighted by Gasteiger charge is -2.38. The van der Waals surface area contributed by atoms with Crippen LogP contribution >= 0.6 is 0 Å². The number of phenolic OH excluding ortho intramolecular Hbond substituents is 1. The Labute approximate surface area is 178 Å². The van der Waals surface area contributed by atoms with Crippen LogP contribution in [0.15, 0.2) is 53.1 Å². The number of benzene rings is 1. The first kappa shape index (κ1) is 23.5. The van der Waals surface area contributed by atoms with E-state index in [2.05, 4.69) is 65.8 Å². The third-order valence-electron chi connectivity index (χ3n) is 6.48. The van der Waals surface area contributed by atoms with Crippen LogP contribution in [0.4, 0.5) is 0 Å². The van der Waals surface area contributed by atoms with Gasteiger partial charge < -0.3 is 10.2 Å². The Morgan fingerprint density at radius 3 is 2.41 bits per heavy atom. The number of rotatable bonds is 9. The van der Waals surface area contributed by atoms with E-state index in [1.165, 1.54) is 36.8 Å². The van der Waals surface area contributed by atoms with Crippen LogP contribution in [-0.2, 0) is 5.41 Å². The molecule has 0 heterocycles. The van der Waals surface area contributed by atoms with Gasteiger partial charge in [-0.1, -0.05) is 89.3 Å². The van der Waals surface area contributed by atoms with E-state index in [1.807, 2.05) is 12.1 Å². The first-order valence-corrected chi connectivity index (χ1v) is 11.4. The van der Waals surface area contributed by atoms with Crippen molar-refractivity contribution in [1.82, 2.24) is 0 Å². The summed E-state index contributed by atoms with van der Waals surface area (Å²) in [4.78, 5) is 0. The van der Waals surface area contributed by atoms with Crippen molar-refractivity contribution in [3.05, 3.63) is 64.3 Å². The molecule has 2 heteroatoms. The number of aliphatic hydroxyl groups excluding tert-OH is 1. The Kier molecular flexibility index (Phi) is 8.34. The van der Waals surface area contributed by atoms with Crippen molar-refractivity contribution < 1.29 is 10.2 Å². The molecular formula is C27H40O2. The second-order valence-corrected chi connectivity index (χ2v) is 9.03. The lowest BCUT2D eigenvalue weighted by molar-refractivity contribution is 0.259. The van der Waals surface area contributed by atoms with E-state index in [1.54, 1.807) is 0 Å². The Hall–Kier alpha value is -1.80. The minimum absolute atomic E-state index is 0.109. The topological polar surface area (TPSA) is 40.5 Å². The molecule has 0 fully saturated rings. The maximum absolute atomic E-state index is 10.4. The van der Waals surface area contributed by atoms with Gasteiger partial charge in [0.05, 0.1) is 6.10 Å². The number of allylic oxidation sites excluding steroid dienone is 3. The highest BCUT2D eigenvalue weighted by atomic mass is 16.3. The second-order valence-electron chi connectivity index (χ2n) is 9.03. The van der Waals surface area contributed by atoms with Gasteiger partial charge in [0.15, 0.2) is 0 Å². The standard InChI is InChI=1S/C27H40O2/c1-7-9-10-11-16-27(8-2,21-12-14-25(28)23(17-21)19(3)4)22-13-15-26(29)24(18-22)20(5)6/h12-15,17-19,26,28-29H,7-11,16H2,1-6H3. The van der Waals surface area contributed by atoms with Crippen molar-refractivity contribution in [1.29, 1.82) is 0 Å². The van der Waals surface area contributed by atoms with Crippen molar-refractivity contribution in [2.75, 3.05) is 0 Å². The normalized spacial score (nSPS) is 18.7. The van der Waals surface area contributed by atoms with Gasteiger partial charge in [-0.05, 0) is 60.9 Å². The molecule has 0 aromatic heterocycles. The van der Waals surface area contributed by atoms with Crippen LogP contribution in [-0.4, -0.2) is 16.3 Å². The van der Waals surface area contributed by atoms with Crippen LogP contribution in [0.3, 0.4) is 0 Å². The molecule has 2 N–H and O–H groups in total. The summed E-state index contributed by atoms with van der Waals surface area (Å²) in [6.45, 7) is 12.9. The van der Waals surface area contributed by atoms with Crippen LogP contribution in [0.25, 0.3) is 0 Å². The van der Waals surface area contributed by atoms with Gasteiger partial charge in [0.25, 0.3) is 0 Å². The summed E-state index contributed by atoms with van der Waals surface area (Å²) >= 11 is 0. The van der Waals surface area contributed by atoms with Gasteiger partial charge in [-0.15, -0.1) is 0 Å². The summed E-state index contributed by atoms with van der Waals surface area (Å²) in [5.41, 5.74) is 5.62. The van der Waals surface area contributed by atoms with E-state index >= 15 is 0 Å². The Morgan fingerprint density at radius 1 is 1.10 bits per heavy atom. The predicted octanol–water partition coefficient (Wildman–Crippen LogP) is 7.33. The lowest BCUT2D eigenvalue weighted by atomic mass is 9.66. The molecule has 1 aliphatic carbocycles. The van der Waals surface area contributed by atoms with Crippen LogP contribution in [0, 0.1) is 0 Å². The van der Waals surface area contributed by atoms with E-state index in [0.717, 1.165) is 29.6 Å². The summed E-state index contributed by atoms with van der Waals surface area (Å²) in [5, 5.41) is 20.8. The molecule has 1 aromatic rings. The number of aromatic hydroxyl groups is 1. The third kappa shape index (κ3) is 5.22. The highest BCUT2D eigenvalue weighted by Crippen LogP contribution is 2.45. The lowest BCUT2D eigenvalue weighted by Crippen LogP contribution is -2.30. The quantitative estimate of drug-likeness (QED) is 0.429. The number of aliphatic hydroxyl groups is 1. The van der Waals surface area contributed by atoms with Crippen molar-refractivity contribution in [2.24, 2.45) is 0 Å². The SMILES string of the molecule is CCCCCCC(CC)(C1=CC(=C(C)C)C(O)C=C1)c1ccc(O)c(C(C)C)c1. The molecule has 1 aliphatic rings. The minimum Gasteiger partial charge on any atom is -0.508 e. The molecule has 0 spiro atoms. The van der Waals surface area contributed by atoms with Gasteiger partial charge in [0.2, 0.25) is 0 Å². The zero-order valence-corrected chi connectivity index (χ0v) is 19.3. The molecule has 160 valence electrons. The zero-order valence-electron chi connectivity index (χ0n) is 19.3. The smallest absolute Gasteiger partial charge is 0.119 e. The Bertz CT molecular complexity index is 778. The molecule has 0 aliphatic heterocycles. The molecule has 0 radical (unpaired) electrons. The number of hydrogen-bond donors (Lipinski definition) is 2. The van der Waals surface area contributed by atoms with Gasteiger partial charge in [0, 0.05) is 5.41 Å². The Balaban J connectivity index is 2.60. The molecule has 29 heavy (non-hydrogen) atoms. The molecule has 2 nitrogen and oxygen atoms in total. The van der Waals surface area contributed by atoms with Crippen molar-refractivity contribution >= 4 is 0 Å². The summed E-state index contributed by atoms with van der Waals surface area (Å²) in [6.07, 6.45) is 12.7. The zero-order chi connectivity index (χ0) is 21.6. The number of hydrogen-bond acceptors (Lipinski definition) is 2. The second kappa shape index (κ2) is 10.3. The summed E-state index contributed by atoms with van der Waals surface area (Å²) in [5.74, 6) is 0.656.